The molecule has 0 spiro atoms. The van der Waals surface area contributed by atoms with Gasteiger partial charge in [0.15, 0.2) is 0 Å². The van der Waals surface area contributed by atoms with Crippen molar-refractivity contribution in [1.29, 1.82) is 0 Å². The summed E-state index contributed by atoms with van der Waals surface area (Å²) in [5.74, 6) is 0.642. The molecule has 0 aromatic carbocycles. The van der Waals surface area contributed by atoms with Crippen LogP contribution in [0.4, 0.5) is 4.79 Å². The minimum Gasteiger partial charge on any atom is -0.338 e. The molecule has 0 aliphatic carbocycles. The highest BCUT2D eigenvalue weighted by Crippen LogP contribution is 2.22. The Balaban J connectivity index is 2.35. The molecule has 1 saturated heterocycles. The highest BCUT2D eigenvalue weighted by atomic mass is 16.2. The molecular weight excluding hydrogens is 226 g/mol. The van der Waals surface area contributed by atoms with E-state index in [1.54, 1.807) is 0 Å². The predicted octanol–water partition coefficient (Wildman–Crippen LogP) is 2.16. The Morgan fingerprint density at radius 1 is 1.44 bits per heavy atom. The Bertz CT molecular complexity index is 249. The molecule has 1 aliphatic heterocycles. The maximum Gasteiger partial charge on any atom is 0.317 e. The third-order valence-corrected chi connectivity index (χ3v) is 4.18. The Morgan fingerprint density at radius 2 is 2.06 bits per heavy atom. The van der Waals surface area contributed by atoms with Crippen LogP contribution in [-0.4, -0.2) is 55.6 Å². The summed E-state index contributed by atoms with van der Waals surface area (Å²) in [6, 6.07) is 0.412. The molecule has 1 N–H and O–H groups in total. The standard InChI is InChI=1S/C14H29N3O/c1-5-6-9-15-14(18)17(4)12(2)13-7-10-16(3)11-8-13/h12-13H,5-11H2,1-4H3,(H,15,18). The van der Waals surface area contributed by atoms with E-state index < -0.39 is 0 Å². The molecule has 0 aromatic heterocycles. The van der Waals surface area contributed by atoms with Crippen molar-refractivity contribution in [3.8, 4) is 0 Å². The normalized spacial score (nSPS) is 19.6. The maximum atomic E-state index is 12.0. The van der Waals surface area contributed by atoms with Gasteiger partial charge in [-0.25, -0.2) is 4.79 Å². The second-order valence-corrected chi connectivity index (χ2v) is 5.58. The van der Waals surface area contributed by atoms with Crippen LogP contribution in [0, 0.1) is 5.92 Å². The molecule has 1 rings (SSSR count). The van der Waals surface area contributed by atoms with Crippen molar-refractivity contribution in [2.75, 3.05) is 33.7 Å². The number of nitrogens with zero attached hydrogens (tertiary/aromatic N) is 2. The van der Waals surface area contributed by atoms with Crippen LogP contribution in [-0.2, 0) is 0 Å². The largest absolute Gasteiger partial charge is 0.338 e. The first-order valence-corrected chi connectivity index (χ1v) is 7.25. The van der Waals surface area contributed by atoms with Gasteiger partial charge in [0.05, 0.1) is 0 Å². The Labute approximate surface area is 112 Å². The molecule has 106 valence electrons. The molecule has 0 bridgehead atoms. The summed E-state index contributed by atoms with van der Waals surface area (Å²) < 4.78 is 0. The predicted molar refractivity (Wildman–Crippen MR) is 75.8 cm³/mol. The van der Waals surface area contributed by atoms with E-state index in [1.807, 2.05) is 11.9 Å². The average molecular weight is 255 g/mol. The van der Waals surface area contributed by atoms with Gasteiger partial charge in [-0.3, -0.25) is 0 Å². The number of carbonyl (C=O) groups excluding carboxylic acids is 1. The second kappa shape index (κ2) is 7.62. The monoisotopic (exact) mass is 255 g/mol. The number of carbonyl (C=O) groups is 1. The van der Waals surface area contributed by atoms with Crippen molar-refractivity contribution in [1.82, 2.24) is 15.1 Å². The zero-order chi connectivity index (χ0) is 13.5. The zero-order valence-electron chi connectivity index (χ0n) is 12.4. The first-order chi connectivity index (χ1) is 8.56. The third kappa shape index (κ3) is 4.48. The van der Waals surface area contributed by atoms with E-state index in [9.17, 15) is 4.79 Å². The molecule has 2 amide bonds. The summed E-state index contributed by atoms with van der Waals surface area (Å²) in [4.78, 5) is 16.2. The summed E-state index contributed by atoms with van der Waals surface area (Å²) in [6.45, 7) is 7.41. The van der Waals surface area contributed by atoms with Crippen LogP contribution in [0.15, 0.2) is 0 Å². The van der Waals surface area contributed by atoms with Gasteiger partial charge in [-0.15, -0.1) is 0 Å². The topological polar surface area (TPSA) is 35.6 Å². The fourth-order valence-corrected chi connectivity index (χ4v) is 2.51. The number of unbranched alkanes of at least 4 members (excludes halogenated alkanes) is 1. The lowest BCUT2D eigenvalue weighted by molar-refractivity contribution is 0.132. The molecule has 0 aromatic rings. The number of likely N-dealkylation sites (tertiary alicyclic amines) is 1. The Hall–Kier alpha value is -0.770. The Morgan fingerprint density at radius 3 is 2.61 bits per heavy atom. The van der Waals surface area contributed by atoms with Crippen LogP contribution in [0.5, 0.6) is 0 Å². The lowest BCUT2D eigenvalue weighted by Gasteiger charge is -2.37. The molecule has 4 nitrogen and oxygen atoms in total. The van der Waals surface area contributed by atoms with Gasteiger partial charge in [0.1, 0.15) is 0 Å². The van der Waals surface area contributed by atoms with Crippen LogP contribution >= 0.6 is 0 Å². The van der Waals surface area contributed by atoms with Crippen LogP contribution in [0.1, 0.15) is 39.5 Å². The van der Waals surface area contributed by atoms with Gasteiger partial charge in [-0.05, 0) is 52.2 Å². The summed E-state index contributed by atoms with van der Waals surface area (Å²) >= 11 is 0. The summed E-state index contributed by atoms with van der Waals surface area (Å²) in [7, 11) is 4.09. The first-order valence-electron chi connectivity index (χ1n) is 7.25. The molecule has 1 atom stereocenters. The highest BCUT2D eigenvalue weighted by molar-refractivity contribution is 5.74. The third-order valence-electron chi connectivity index (χ3n) is 4.18. The molecule has 0 saturated carbocycles. The van der Waals surface area contributed by atoms with Crippen molar-refractivity contribution >= 4 is 6.03 Å². The number of amides is 2. The van der Waals surface area contributed by atoms with E-state index in [0.717, 1.165) is 32.5 Å². The summed E-state index contributed by atoms with van der Waals surface area (Å²) in [5.41, 5.74) is 0. The number of urea groups is 1. The summed E-state index contributed by atoms with van der Waals surface area (Å²) in [5, 5.41) is 2.99. The molecule has 1 unspecified atom stereocenters. The van der Waals surface area contributed by atoms with E-state index in [1.165, 1.54) is 12.8 Å². The lowest BCUT2D eigenvalue weighted by Crippen LogP contribution is -2.47. The fraction of sp³-hybridized carbons (Fsp3) is 0.929. The summed E-state index contributed by atoms with van der Waals surface area (Å²) in [6.07, 6.45) is 4.57. The number of piperidine rings is 1. The molecule has 1 fully saturated rings. The SMILES string of the molecule is CCCCNC(=O)N(C)C(C)C1CCN(C)CC1. The second-order valence-electron chi connectivity index (χ2n) is 5.58. The smallest absolute Gasteiger partial charge is 0.317 e. The molecule has 18 heavy (non-hydrogen) atoms. The lowest BCUT2D eigenvalue weighted by atomic mass is 9.90. The molecule has 1 heterocycles. The van der Waals surface area contributed by atoms with Crippen LogP contribution < -0.4 is 5.32 Å². The minimum atomic E-state index is 0.0786. The van der Waals surface area contributed by atoms with Crippen molar-refractivity contribution in [2.45, 2.75) is 45.6 Å². The van der Waals surface area contributed by atoms with Crippen molar-refractivity contribution in [3.05, 3.63) is 0 Å². The van der Waals surface area contributed by atoms with Crippen molar-refractivity contribution in [2.24, 2.45) is 5.92 Å². The number of hydrogen-bond donors (Lipinski definition) is 1. The van der Waals surface area contributed by atoms with Crippen molar-refractivity contribution < 1.29 is 4.79 Å². The van der Waals surface area contributed by atoms with Crippen LogP contribution in [0.2, 0.25) is 0 Å². The minimum absolute atomic E-state index is 0.0786. The van der Waals surface area contributed by atoms with Gasteiger partial charge in [0.25, 0.3) is 0 Å². The average Bonchev–Trinajstić information content (AvgIpc) is 2.38. The van der Waals surface area contributed by atoms with E-state index in [4.69, 9.17) is 0 Å². The quantitative estimate of drug-likeness (QED) is 0.764. The number of rotatable bonds is 5. The van der Waals surface area contributed by atoms with E-state index in [-0.39, 0.29) is 6.03 Å². The fourth-order valence-electron chi connectivity index (χ4n) is 2.51. The van der Waals surface area contributed by atoms with Gasteiger partial charge < -0.3 is 15.1 Å². The van der Waals surface area contributed by atoms with Gasteiger partial charge in [-0.2, -0.15) is 0 Å². The van der Waals surface area contributed by atoms with Gasteiger partial charge in [0, 0.05) is 19.6 Å². The zero-order valence-corrected chi connectivity index (χ0v) is 12.4. The van der Waals surface area contributed by atoms with Gasteiger partial charge in [-0.1, -0.05) is 13.3 Å². The van der Waals surface area contributed by atoms with Gasteiger partial charge in [0.2, 0.25) is 0 Å². The number of nitrogens with one attached hydrogen (secondary N) is 1. The molecule has 1 aliphatic rings. The number of hydrogen-bond acceptors (Lipinski definition) is 2. The van der Waals surface area contributed by atoms with Gasteiger partial charge >= 0.3 is 6.03 Å². The molecule has 0 radical (unpaired) electrons. The van der Waals surface area contributed by atoms with E-state index in [0.29, 0.717) is 12.0 Å². The Kier molecular flexibility index (Phi) is 6.47. The molecule has 4 heteroatoms. The molecular formula is C14H29N3O. The van der Waals surface area contributed by atoms with E-state index in [2.05, 4.69) is 31.1 Å². The maximum absolute atomic E-state index is 12.0. The first kappa shape index (κ1) is 15.3. The van der Waals surface area contributed by atoms with E-state index >= 15 is 0 Å². The van der Waals surface area contributed by atoms with Crippen LogP contribution in [0.3, 0.4) is 0 Å². The highest BCUT2D eigenvalue weighted by Gasteiger charge is 2.26. The van der Waals surface area contributed by atoms with Crippen LogP contribution in [0.25, 0.3) is 0 Å². The van der Waals surface area contributed by atoms with Crippen molar-refractivity contribution in [3.63, 3.8) is 0 Å².